The summed E-state index contributed by atoms with van der Waals surface area (Å²) in [5.41, 5.74) is 3.53. The Morgan fingerprint density at radius 3 is 2.93 bits per heavy atom. The highest BCUT2D eigenvalue weighted by Crippen LogP contribution is 2.19. The molecular formula is C13H13N. The highest BCUT2D eigenvalue weighted by Gasteiger charge is 1.99. The fourth-order valence-electron chi connectivity index (χ4n) is 1.61. The monoisotopic (exact) mass is 183 g/mol. The van der Waals surface area contributed by atoms with Gasteiger partial charge >= 0.3 is 0 Å². The molecule has 0 bridgehead atoms. The lowest BCUT2D eigenvalue weighted by molar-refractivity contribution is 1.14. The number of rotatable bonds is 2. The van der Waals surface area contributed by atoms with E-state index < -0.39 is 0 Å². The van der Waals surface area contributed by atoms with Gasteiger partial charge in [-0.1, -0.05) is 31.7 Å². The van der Waals surface area contributed by atoms with Gasteiger partial charge in [-0.25, -0.2) is 0 Å². The average Bonchev–Trinajstić information content (AvgIpc) is 2.27. The highest BCUT2D eigenvalue weighted by molar-refractivity contribution is 5.87. The summed E-state index contributed by atoms with van der Waals surface area (Å²) < 4.78 is 0. The Labute approximate surface area is 84.1 Å². The van der Waals surface area contributed by atoms with E-state index in [0.717, 1.165) is 17.5 Å². The van der Waals surface area contributed by atoms with Gasteiger partial charge in [0.25, 0.3) is 0 Å². The second-order valence-corrected chi connectivity index (χ2v) is 3.31. The van der Waals surface area contributed by atoms with Crippen molar-refractivity contribution in [3.05, 3.63) is 48.2 Å². The largest absolute Gasteiger partial charge is 0.256 e. The van der Waals surface area contributed by atoms with Crippen LogP contribution < -0.4 is 0 Å². The topological polar surface area (TPSA) is 12.9 Å². The molecule has 1 heterocycles. The van der Waals surface area contributed by atoms with Crippen LogP contribution in [0.25, 0.3) is 17.0 Å². The average molecular weight is 183 g/mol. The van der Waals surface area contributed by atoms with Crippen molar-refractivity contribution in [1.82, 2.24) is 4.98 Å². The van der Waals surface area contributed by atoms with Crippen LogP contribution in [0.3, 0.4) is 0 Å². The molecule has 2 rings (SSSR count). The summed E-state index contributed by atoms with van der Waals surface area (Å²) in [5.74, 6) is 0. The van der Waals surface area contributed by atoms with Crippen LogP contribution in [0.2, 0.25) is 0 Å². The van der Waals surface area contributed by atoms with Gasteiger partial charge in [0, 0.05) is 11.6 Å². The summed E-state index contributed by atoms with van der Waals surface area (Å²) in [6, 6.07) is 8.40. The number of fused-ring (bicyclic) bond motifs is 1. The van der Waals surface area contributed by atoms with Crippen LogP contribution in [0.4, 0.5) is 0 Å². The molecule has 0 radical (unpaired) electrons. The van der Waals surface area contributed by atoms with Crippen LogP contribution in [0.15, 0.2) is 37.0 Å². The predicted molar refractivity (Wildman–Crippen MR) is 61.2 cm³/mol. The minimum absolute atomic E-state index is 1.05. The summed E-state index contributed by atoms with van der Waals surface area (Å²) in [4.78, 5) is 4.35. The molecular weight excluding hydrogens is 170 g/mol. The van der Waals surface area contributed by atoms with Crippen molar-refractivity contribution in [2.24, 2.45) is 0 Å². The molecule has 0 amide bonds. The normalized spacial score (nSPS) is 10.4. The van der Waals surface area contributed by atoms with Crippen molar-refractivity contribution in [1.29, 1.82) is 0 Å². The molecule has 0 aliphatic carbocycles. The molecule has 0 spiro atoms. The van der Waals surface area contributed by atoms with E-state index in [2.05, 4.69) is 36.7 Å². The van der Waals surface area contributed by atoms with Crippen LogP contribution in [0.5, 0.6) is 0 Å². The molecule has 0 aliphatic heterocycles. The molecule has 0 saturated heterocycles. The third-order valence-electron chi connectivity index (χ3n) is 2.47. The number of pyridine rings is 1. The van der Waals surface area contributed by atoms with E-state index in [1.807, 2.05) is 18.3 Å². The Balaban J connectivity index is 2.73. The number of benzene rings is 1. The van der Waals surface area contributed by atoms with Gasteiger partial charge in [0.15, 0.2) is 0 Å². The second kappa shape index (κ2) is 3.62. The van der Waals surface area contributed by atoms with Gasteiger partial charge in [-0.05, 0) is 29.7 Å². The van der Waals surface area contributed by atoms with Gasteiger partial charge in [-0.2, -0.15) is 0 Å². The Morgan fingerprint density at radius 2 is 2.21 bits per heavy atom. The van der Waals surface area contributed by atoms with E-state index in [0.29, 0.717) is 0 Å². The molecule has 0 aliphatic rings. The fourth-order valence-corrected chi connectivity index (χ4v) is 1.61. The van der Waals surface area contributed by atoms with Gasteiger partial charge < -0.3 is 0 Å². The Kier molecular flexibility index (Phi) is 2.32. The lowest BCUT2D eigenvalue weighted by Gasteiger charge is -2.03. The van der Waals surface area contributed by atoms with Crippen molar-refractivity contribution in [2.45, 2.75) is 13.3 Å². The Bertz CT molecular complexity index is 472. The molecule has 1 aromatic carbocycles. The fraction of sp³-hybridized carbons (Fsp3) is 0.154. The lowest BCUT2D eigenvalue weighted by atomic mass is 10.1. The van der Waals surface area contributed by atoms with Crippen LogP contribution in [0, 0.1) is 0 Å². The Morgan fingerprint density at radius 1 is 1.36 bits per heavy atom. The zero-order valence-electron chi connectivity index (χ0n) is 8.33. The molecule has 1 aromatic heterocycles. The maximum atomic E-state index is 4.35. The van der Waals surface area contributed by atoms with Crippen LogP contribution >= 0.6 is 0 Å². The first-order valence-electron chi connectivity index (χ1n) is 4.85. The van der Waals surface area contributed by atoms with E-state index in [1.54, 1.807) is 0 Å². The molecule has 1 heteroatoms. The van der Waals surface area contributed by atoms with Gasteiger partial charge in [0.2, 0.25) is 0 Å². The van der Waals surface area contributed by atoms with Crippen molar-refractivity contribution in [2.75, 3.05) is 0 Å². The van der Waals surface area contributed by atoms with Crippen molar-refractivity contribution in [3.8, 4) is 0 Å². The predicted octanol–water partition coefficient (Wildman–Crippen LogP) is 3.44. The molecule has 2 aromatic rings. The number of aryl methyl sites for hydroxylation is 1. The smallest absolute Gasteiger partial charge is 0.0710 e. The SMILES string of the molecule is C=Cc1ccnc2cc(CC)ccc12. The van der Waals surface area contributed by atoms with Crippen molar-refractivity contribution in [3.63, 3.8) is 0 Å². The van der Waals surface area contributed by atoms with E-state index >= 15 is 0 Å². The van der Waals surface area contributed by atoms with E-state index in [1.165, 1.54) is 10.9 Å². The zero-order chi connectivity index (χ0) is 9.97. The van der Waals surface area contributed by atoms with E-state index in [4.69, 9.17) is 0 Å². The Hall–Kier alpha value is -1.63. The van der Waals surface area contributed by atoms with Crippen molar-refractivity contribution >= 4 is 17.0 Å². The number of hydrogen-bond acceptors (Lipinski definition) is 1. The molecule has 70 valence electrons. The lowest BCUT2D eigenvalue weighted by Crippen LogP contribution is -1.85. The third-order valence-corrected chi connectivity index (χ3v) is 2.47. The van der Waals surface area contributed by atoms with Gasteiger partial charge in [0.1, 0.15) is 0 Å². The molecule has 0 saturated carbocycles. The number of nitrogens with zero attached hydrogens (tertiary/aromatic N) is 1. The van der Waals surface area contributed by atoms with Crippen LogP contribution in [-0.2, 0) is 6.42 Å². The first-order chi connectivity index (χ1) is 6.85. The molecule has 0 atom stereocenters. The quantitative estimate of drug-likeness (QED) is 0.695. The molecule has 0 fully saturated rings. The second-order valence-electron chi connectivity index (χ2n) is 3.31. The minimum Gasteiger partial charge on any atom is -0.256 e. The summed E-state index contributed by atoms with van der Waals surface area (Å²) in [6.45, 7) is 5.95. The molecule has 0 N–H and O–H groups in total. The standard InChI is InChI=1S/C13H13N/c1-3-10-5-6-12-11(4-2)7-8-14-13(12)9-10/h4-9H,2-3H2,1H3. The number of aromatic nitrogens is 1. The maximum absolute atomic E-state index is 4.35. The van der Waals surface area contributed by atoms with Crippen LogP contribution in [-0.4, -0.2) is 4.98 Å². The van der Waals surface area contributed by atoms with Gasteiger partial charge in [-0.15, -0.1) is 0 Å². The molecule has 14 heavy (non-hydrogen) atoms. The number of hydrogen-bond donors (Lipinski definition) is 0. The summed E-state index contributed by atoms with van der Waals surface area (Å²) in [7, 11) is 0. The third kappa shape index (κ3) is 1.41. The van der Waals surface area contributed by atoms with E-state index in [-0.39, 0.29) is 0 Å². The first-order valence-corrected chi connectivity index (χ1v) is 4.85. The maximum Gasteiger partial charge on any atom is 0.0710 e. The van der Waals surface area contributed by atoms with Gasteiger partial charge in [0.05, 0.1) is 5.52 Å². The zero-order valence-corrected chi connectivity index (χ0v) is 8.33. The minimum atomic E-state index is 1.05. The summed E-state index contributed by atoms with van der Waals surface area (Å²) in [6.07, 6.45) is 4.75. The first kappa shape index (κ1) is 8.95. The highest BCUT2D eigenvalue weighted by atomic mass is 14.6. The molecule has 0 unspecified atom stereocenters. The van der Waals surface area contributed by atoms with Crippen molar-refractivity contribution < 1.29 is 0 Å². The van der Waals surface area contributed by atoms with Gasteiger partial charge in [-0.3, -0.25) is 4.98 Å². The molecule has 1 nitrogen and oxygen atoms in total. The van der Waals surface area contributed by atoms with Crippen LogP contribution in [0.1, 0.15) is 18.1 Å². The summed E-state index contributed by atoms with van der Waals surface area (Å²) in [5, 5.41) is 1.18. The summed E-state index contributed by atoms with van der Waals surface area (Å²) >= 11 is 0. The van der Waals surface area contributed by atoms with E-state index in [9.17, 15) is 0 Å².